The van der Waals surface area contributed by atoms with Gasteiger partial charge in [0.15, 0.2) is 5.37 Å². The van der Waals surface area contributed by atoms with Gasteiger partial charge in [0.25, 0.3) is 20.2 Å². The molecule has 134 valence electrons. The third-order valence-corrected chi connectivity index (χ3v) is 5.00. The molecule has 1 aliphatic heterocycles. The van der Waals surface area contributed by atoms with Crippen LogP contribution < -0.4 is 0 Å². The lowest BCUT2D eigenvalue weighted by atomic mass is 10.2. The Labute approximate surface area is 142 Å². The fourth-order valence-corrected chi connectivity index (χ4v) is 3.24. The van der Waals surface area contributed by atoms with E-state index in [2.05, 4.69) is 0 Å². The summed E-state index contributed by atoms with van der Waals surface area (Å²) in [6.07, 6.45) is 7.33. The molecule has 0 bridgehead atoms. The molecule has 1 aromatic rings. The van der Waals surface area contributed by atoms with Crippen molar-refractivity contribution < 1.29 is 25.9 Å². The molecule has 7 nitrogen and oxygen atoms in total. The Morgan fingerprint density at radius 1 is 1.04 bits per heavy atom. The first-order valence-corrected chi connectivity index (χ1v) is 10.1. The Morgan fingerprint density at radius 3 is 2.08 bits per heavy atom. The van der Waals surface area contributed by atoms with Crippen LogP contribution in [0.4, 0.5) is 0 Å². The molecule has 0 aromatic heterocycles. The predicted octanol–water partition coefficient (Wildman–Crippen LogP) is 2.24. The molecule has 1 aromatic carbocycles. The van der Waals surface area contributed by atoms with Crippen molar-refractivity contribution in [2.24, 2.45) is 0 Å². The van der Waals surface area contributed by atoms with E-state index in [0.717, 1.165) is 12.0 Å². The van der Waals surface area contributed by atoms with Crippen LogP contribution in [0.5, 0.6) is 0 Å². The SMILES string of the molecule is CCCN1C=CC=CC1S(=O)(=O)O.Cc1ccc(S(=O)(=O)O)cc1. The lowest BCUT2D eigenvalue weighted by Gasteiger charge is -2.27. The number of hydrogen-bond acceptors (Lipinski definition) is 5. The number of aryl methyl sites for hydroxylation is 1. The van der Waals surface area contributed by atoms with Crippen molar-refractivity contribution in [3.63, 3.8) is 0 Å². The van der Waals surface area contributed by atoms with E-state index >= 15 is 0 Å². The second kappa shape index (κ2) is 8.43. The molecule has 9 heteroatoms. The van der Waals surface area contributed by atoms with Crippen LogP contribution in [0.15, 0.2) is 53.6 Å². The highest BCUT2D eigenvalue weighted by atomic mass is 32.2. The smallest absolute Gasteiger partial charge is 0.294 e. The van der Waals surface area contributed by atoms with Crippen LogP contribution in [-0.4, -0.2) is 42.8 Å². The van der Waals surface area contributed by atoms with Gasteiger partial charge >= 0.3 is 0 Å². The van der Waals surface area contributed by atoms with E-state index in [4.69, 9.17) is 9.11 Å². The molecule has 0 fully saturated rings. The Hall–Kier alpha value is -1.68. The van der Waals surface area contributed by atoms with E-state index in [0.29, 0.717) is 6.54 Å². The molecule has 24 heavy (non-hydrogen) atoms. The van der Waals surface area contributed by atoms with Gasteiger partial charge in [0.1, 0.15) is 0 Å². The summed E-state index contributed by atoms with van der Waals surface area (Å²) in [5.74, 6) is 0. The van der Waals surface area contributed by atoms with Gasteiger partial charge in [-0.3, -0.25) is 9.11 Å². The molecule has 0 saturated heterocycles. The molecule has 0 saturated carbocycles. The topological polar surface area (TPSA) is 112 Å². The van der Waals surface area contributed by atoms with Crippen LogP contribution in [0, 0.1) is 6.92 Å². The van der Waals surface area contributed by atoms with Crippen molar-refractivity contribution in [3.8, 4) is 0 Å². The van der Waals surface area contributed by atoms with Gasteiger partial charge in [-0.15, -0.1) is 0 Å². The first-order valence-electron chi connectivity index (χ1n) is 7.17. The monoisotopic (exact) mass is 375 g/mol. The Bertz CT molecular complexity index is 795. The van der Waals surface area contributed by atoms with Crippen LogP contribution in [0.25, 0.3) is 0 Å². The van der Waals surface area contributed by atoms with E-state index in [1.54, 1.807) is 35.4 Å². The van der Waals surface area contributed by atoms with Crippen molar-refractivity contribution in [1.29, 1.82) is 0 Å². The van der Waals surface area contributed by atoms with Crippen molar-refractivity contribution in [3.05, 3.63) is 54.3 Å². The quantitative estimate of drug-likeness (QED) is 0.776. The largest absolute Gasteiger partial charge is 0.356 e. The van der Waals surface area contributed by atoms with Crippen molar-refractivity contribution in [1.82, 2.24) is 4.90 Å². The van der Waals surface area contributed by atoms with E-state index in [9.17, 15) is 16.8 Å². The van der Waals surface area contributed by atoms with Crippen LogP contribution >= 0.6 is 0 Å². The summed E-state index contributed by atoms with van der Waals surface area (Å²) in [5, 5.41) is -0.919. The molecule has 0 spiro atoms. The normalized spacial score (nSPS) is 17.3. The van der Waals surface area contributed by atoms with E-state index in [1.807, 2.05) is 13.8 Å². The van der Waals surface area contributed by atoms with Crippen molar-refractivity contribution in [2.45, 2.75) is 30.5 Å². The molecule has 0 radical (unpaired) electrons. The zero-order chi connectivity index (χ0) is 18.4. The zero-order valence-electron chi connectivity index (χ0n) is 13.4. The molecule has 2 rings (SSSR count). The second-order valence-electron chi connectivity index (χ2n) is 5.16. The number of nitrogens with zero attached hydrogens (tertiary/aromatic N) is 1. The van der Waals surface area contributed by atoms with Crippen molar-refractivity contribution in [2.75, 3.05) is 6.54 Å². The molecule has 0 amide bonds. The third kappa shape index (κ3) is 6.44. The maximum Gasteiger partial charge on any atom is 0.294 e. The number of rotatable bonds is 4. The van der Waals surface area contributed by atoms with E-state index in [1.165, 1.54) is 18.2 Å². The van der Waals surface area contributed by atoms with Gasteiger partial charge in [0.2, 0.25) is 0 Å². The molecule has 1 heterocycles. The highest BCUT2D eigenvalue weighted by Crippen LogP contribution is 2.13. The van der Waals surface area contributed by atoms with E-state index in [-0.39, 0.29) is 4.90 Å². The summed E-state index contributed by atoms with van der Waals surface area (Å²) in [4.78, 5) is 1.53. The van der Waals surface area contributed by atoms with Gasteiger partial charge in [-0.05, 0) is 37.6 Å². The fraction of sp³-hybridized carbons (Fsp3) is 0.333. The summed E-state index contributed by atoms with van der Waals surface area (Å²) in [7, 11) is -8.03. The summed E-state index contributed by atoms with van der Waals surface area (Å²) < 4.78 is 60.2. The van der Waals surface area contributed by atoms with Gasteiger partial charge in [0, 0.05) is 12.7 Å². The minimum Gasteiger partial charge on any atom is -0.356 e. The van der Waals surface area contributed by atoms with Gasteiger partial charge < -0.3 is 4.90 Å². The number of allylic oxidation sites excluding steroid dienone is 2. The Balaban J connectivity index is 0.000000243. The first-order chi connectivity index (χ1) is 11.1. The Morgan fingerprint density at radius 2 is 1.62 bits per heavy atom. The lowest BCUT2D eigenvalue weighted by Crippen LogP contribution is -2.37. The number of hydrogen-bond donors (Lipinski definition) is 2. The molecule has 1 unspecified atom stereocenters. The standard InChI is InChI=1S/C8H13NO3S.C7H8O3S/c1-2-6-9-7-4-3-5-8(9)13(10,11)12;1-6-2-4-7(5-3-6)11(8,9)10/h3-5,7-8H,2,6H2,1H3,(H,10,11,12);2-5H,1H3,(H,8,9,10). The van der Waals surface area contributed by atoms with E-state index < -0.39 is 25.6 Å². The molecule has 2 N–H and O–H groups in total. The van der Waals surface area contributed by atoms with Crippen molar-refractivity contribution >= 4 is 20.2 Å². The first kappa shape index (κ1) is 20.4. The minimum atomic E-state index is -4.02. The Kier molecular flexibility index (Phi) is 7.15. The molecular weight excluding hydrogens is 354 g/mol. The third-order valence-electron chi connectivity index (χ3n) is 3.10. The molecular formula is C15H21NO6S2. The zero-order valence-corrected chi connectivity index (χ0v) is 15.0. The van der Waals surface area contributed by atoms with Gasteiger partial charge in [-0.25, -0.2) is 0 Å². The van der Waals surface area contributed by atoms with Gasteiger partial charge in [-0.2, -0.15) is 16.8 Å². The second-order valence-corrected chi connectivity index (χ2v) is 8.09. The van der Waals surface area contributed by atoms with Crippen LogP contribution in [0.3, 0.4) is 0 Å². The summed E-state index contributed by atoms with van der Waals surface area (Å²) in [5.41, 5.74) is 0.956. The highest BCUT2D eigenvalue weighted by Gasteiger charge is 2.25. The summed E-state index contributed by atoms with van der Waals surface area (Å²) in [6, 6.07) is 5.99. The molecule has 1 aliphatic rings. The average molecular weight is 375 g/mol. The van der Waals surface area contributed by atoms with Gasteiger partial charge in [0.05, 0.1) is 4.90 Å². The average Bonchev–Trinajstić information content (AvgIpc) is 2.47. The molecule has 1 atom stereocenters. The summed E-state index contributed by atoms with van der Waals surface area (Å²) >= 11 is 0. The maximum absolute atomic E-state index is 10.9. The molecule has 0 aliphatic carbocycles. The highest BCUT2D eigenvalue weighted by molar-refractivity contribution is 7.86. The number of benzene rings is 1. The fourth-order valence-electron chi connectivity index (χ4n) is 1.96. The van der Waals surface area contributed by atoms with Crippen LogP contribution in [0.2, 0.25) is 0 Å². The lowest BCUT2D eigenvalue weighted by molar-refractivity contribution is 0.348. The maximum atomic E-state index is 10.9. The predicted molar refractivity (Wildman–Crippen MR) is 91.6 cm³/mol. The minimum absolute atomic E-state index is 0.0666. The van der Waals surface area contributed by atoms with Gasteiger partial charge in [-0.1, -0.05) is 30.7 Å². The van der Waals surface area contributed by atoms with Crippen LogP contribution in [-0.2, 0) is 20.2 Å². The van der Waals surface area contributed by atoms with Crippen LogP contribution in [0.1, 0.15) is 18.9 Å². The summed E-state index contributed by atoms with van der Waals surface area (Å²) in [6.45, 7) is 4.41.